The average Bonchev–Trinajstić information content (AvgIpc) is 2.87. The molecule has 9 nitrogen and oxygen atoms in total. The van der Waals surface area contributed by atoms with Crippen LogP contribution in [0.15, 0.2) is 30.3 Å². The van der Waals surface area contributed by atoms with Crippen LogP contribution in [-0.4, -0.2) is 91.1 Å². The fourth-order valence-corrected chi connectivity index (χ4v) is 7.07. The molecule has 6 atom stereocenters. The molecule has 2 amide bonds. The number of fused-ring (bicyclic) bond motifs is 1. The molecule has 1 saturated heterocycles. The van der Waals surface area contributed by atoms with Crippen molar-refractivity contribution in [3.05, 3.63) is 35.9 Å². The van der Waals surface area contributed by atoms with E-state index in [1.807, 2.05) is 51.1 Å². The molecule has 0 bridgehead atoms. The van der Waals surface area contributed by atoms with E-state index in [2.05, 4.69) is 20.9 Å². The standard InChI is InChI=1S/C31H52N4O5S/c1-30(2,3)34-28(37)25-18-22-15-11-12-16-23(22)19-35(25)20-26(36)24(17-21-13-9-8-10-14-21)33-29(38)27(32-6)31(4,5)41(7,39)40/h8-10,13-14,22-27,32,36H,11-12,15-20H2,1-7H3,(H,33,38)(H,34,37)/t22-,23+,24?,25?,26?,27+/m0/s1. The molecule has 2 aliphatic rings. The largest absolute Gasteiger partial charge is 0.390 e. The van der Waals surface area contributed by atoms with Crippen molar-refractivity contribution in [3.8, 4) is 0 Å². The van der Waals surface area contributed by atoms with Crippen molar-refractivity contribution < 1.29 is 23.1 Å². The first-order valence-corrected chi connectivity index (χ1v) is 16.9. The van der Waals surface area contributed by atoms with Crippen LogP contribution in [0, 0.1) is 11.8 Å². The molecule has 232 valence electrons. The molecule has 4 N–H and O–H groups in total. The predicted octanol–water partition coefficient (Wildman–Crippen LogP) is 2.28. The number of amides is 2. The SMILES string of the molecule is CN[C@H](C(=O)NC(Cc1ccccc1)C(O)CN1C[C@H]2CCCC[C@H]2CC1C(=O)NC(C)(C)C)C(C)(C)S(C)(=O)=O. The monoisotopic (exact) mass is 592 g/mol. The van der Waals surface area contributed by atoms with Crippen molar-refractivity contribution in [1.82, 2.24) is 20.9 Å². The smallest absolute Gasteiger partial charge is 0.239 e. The van der Waals surface area contributed by atoms with E-state index in [1.165, 1.54) is 26.7 Å². The maximum absolute atomic E-state index is 13.6. The number of carbonyl (C=O) groups is 2. The van der Waals surface area contributed by atoms with Gasteiger partial charge < -0.3 is 21.1 Å². The number of β-amino-alcohol motifs (C(OH)–C–C–N with tert-alkyl or cyclic N) is 1. The molecule has 1 saturated carbocycles. The van der Waals surface area contributed by atoms with Crippen LogP contribution in [0.1, 0.15) is 72.3 Å². The average molecular weight is 593 g/mol. The molecule has 3 rings (SSSR count). The molecule has 2 fully saturated rings. The predicted molar refractivity (Wildman–Crippen MR) is 163 cm³/mol. The van der Waals surface area contributed by atoms with Gasteiger partial charge in [0.05, 0.1) is 22.9 Å². The highest BCUT2D eigenvalue weighted by molar-refractivity contribution is 7.92. The van der Waals surface area contributed by atoms with Crippen molar-refractivity contribution in [2.24, 2.45) is 11.8 Å². The zero-order chi connectivity index (χ0) is 30.6. The minimum atomic E-state index is -3.58. The van der Waals surface area contributed by atoms with E-state index in [0.717, 1.165) is 37.6 Å². The minimum Gasteiger partial charge on any atom is -0.390 e. The normalized spacial score (nSPS) is 24.5. The number of hydrogen-bond acceptors (Lipinski definition) is 7. The number of sulfone groups is 1. The number of rotatable bonds is 11. The van der Waals surface area contributed by atoms with Gasteiger partial charge in [-0.05, 0) is 78.3 Å². The second kappa shape index (κ2) is 13.5. The van der Waals surface area contributed by atoms with Crippen LogP contribution in [0.5, 0.6) is 0 Å². The summed E-state index contributed by atoms with van der Waals surface area (Å²) in [6.07, 6.45) is 5.90. The van der Waals surface area contributed by atoms with Crippen LogP contribution < -0.4 is 16.0 Å². The van der Waals surface area contributed by atoms with Crippen LogP contribution in [-0.2, 0) is 25.8 Å². The van der Waals surface area contributed by atoms with E-state index in [1.54, 1.807) is 7.05 Å². The lowest BCUT2D eigenvalue weighted by Gasteiger charge is -2.47. The van der Waals surface area contributed by atoms with Gasteiger partial charge in [-0.2, -0.15) is 0 Å². The molecular formula is C31H52N4O5S. The summed E-state index contributed by atoms with van der Waals surface area (Å²) < 4.78 is 23.7. The van der Waals surface area contributed by atoms with E-state index in [-0.39, 0.29) is 24.0 Å². The second-order valence-corrected chi connectivity index (χ2v) is 16.3. The van der Waals surface area contributed by atoms with Gasteiger partial charge in [0.25, 0.3) is 0 Å². The molecule has 1 heterocycles. The number of carbonyl (C=O) groups excluding carboxylic acids is 2. The quantitative estimate of drug-likeness (QED) is 0.311. The minimum absolute atomic E-state index is 0.0254. The Labute approximate surface area is 247 Å². The number of likely N-dealkylation sites (N-methyl/N-ethyl adjacent to an activating group) is 1. The van der Waals surface area contributed by atoms with Crippen LogP contribution in [0.25, 0.3) is 0 Å². The van der Waals surface area contributed by atoms with Crippen LogP contribution in [0.2, 0.25) is 0 Å². The topological polar surface area (TPSA) is 128 Å². The molecule has 3 unspecified atom stereocenters. The van der Waals surface area contributed by atoms with Gasteiger partial charge in [0.1, 0.15) is 6.04 Å². The first-order valence-electron chi connectivity index (χ1n) is 15.0. The highest BCUT2D eigenvalue weighted by Crippen LogP contribution is 2.39. The number of hydrogen-bond donors (Lipinski definition) is 4. The molecule has 10 heteroatoms. The Morgan fingerprint density at radius 1 is 1.05 bits per heavy atom. The summed E-state index contributed by atoms with van der Waals surface area (Å²) in [6, 6.07) is 7.54. The first kappa shape index (κ1) is 33.5. The molecule has 1 aromatic rings. The zero-order valence-corrected chi connectivity index (χ0v) is 26.8. The molecule has 0 spiro atoms. The first-order chi connectivity index (χ1) is 19.0. The molecule has 0 radical (unpaired) electrons. The summed E-state index contributed by atoms with van der Waals surface area (Å²) in [5.74, 6) is 0.474. The number of aliphatic hydroxyl groups excluding tert-OH is 1. The lowest BCUT2D eigenvalue weighted by Crippen LogP contribution is -2.63. The van der Waals surface area contributed by atoms with E-state index >= 15 is 0 Å². The second-order valence-electron chi connectivity index (χ2n) is 13.7. The number of aliphatic hydroxyl groups is 1. The zero-order valence-electron chi connectivity index (χ0n) is 25.9. The summed E-state index contributed by atoms with van der Waals surface area (Å²) in [6.45, 7) is 9.92. The van der Waals surface area contributed by atoms with Crippen molar-refractivity contribution in [2.75, 3.05) is 26.4 Å². The summed E-state index contributed by atoms with van der Waals surface area (Å²) in [5.41, 5.74) is 0.566. The van der Waals surface area contributed by atoms with Crippen LogP contribution >= 0.6 is 0 Å². The Morgan fingerprint density at radius 2 is 1.66 bits per heavy atom. The van der Waals surface area contributed by atoms with Gasteiger partial charge in [-0.25, -0.2) is 8.42 Å². The summed E-state index contributed by atoms with van der Waals surface area (Å²) in [5, 5.41) is 20.7. The highest BCUT2D eigenvalue weighted by Gasteiger charge is 2.45. The van der Waals surface area contributed by atoms with Gasteiger partial charge in [0.15, 0.2) is 9.84 Å². The molecule has 1 aliphatic heterocycles. The molecule has 0 aromatic heterocycles. The number of nitrogens with zero attached hydrogens (tertiary/aromatic N) is 1. The fourth-order valence-electron chi connectivity index (χ4n) is 6.42. The van der Waals surface area contributed by atoms with Crippen LogP contribution in [0.4, 0.5) is 0 Å². The Kier molecular flexibility index (Phi) is 11.0. The maximum atomic E-state index is 13.6. The van der Waals surface area contributed by atoms with E-state index in [9.17, 15) is 23.1 Å². The lowest BCUT2D eigenvalue weighted by molar-refractivity contribution is -0.133. The van der Waals surface area contributed by atoms with Crippen molar-refractivity contribution in [3.63, 3.8) is 0 Å². The fraction of sp³-hybridized carbons (Fsp3) is 0.742. The van der Waals surface area contributed by atoms with E-state index in [0.29, 0.717) is 18.3 Å². The molecule has 1 aromatic carbocycles. The van der Waals surface area contributed by atoms with Gasteiger partial charge in [-0.1, -0.05) is 49.6 Å². The van der Waals surface area contributed by atoms with Gasteiger partial charge in [-0.15, -0.1) is 0 Å². The third-order valence-electron chi connectivity index (χ3n) is 9.02. The van der Waals surface area contributed by atoms with E-state index < -0.39 is 38.7 Å². The third kappa shape index (κ3) is 8.75. The summed E-state index contributed by atoms with van der Waals surface area (Å²) >= 11 is 0. The molecule has 1 aliphatic carbocycles. The van der Waals surface area contributed by atoms with Crippen molar-refractivity contribution in [1.29, 1.82) is 0 Å². The Balaban J connectivity index is 1.87. The van der Waals surface area contributed by atoms with Gasteiger partial charge >= 0.3 is 0 Å². The number of likely N-dealkylation sites (tertiary alicyclic amines) is 1. The number of nitrogens with one attached hydrogen (secondary N) is 3. The van der Waals surface area contributed by atoms with Gasteiger partial charge in [-0.3, -0.25) is 14.5 Å². The van der Waals surface area contributed by atoms with Crippen molar-refractivity contribution >= 4 is 21.7 Å². The Hall–Kier alpha value is -2.01. The van der Waals surface area contributed by atoms with E-state index in [4.69, 9.17) is 0 Å². The van der Waals surface area contributed by atoms with Gasteiger partial charge in [0, 0.05) is 24.9 Å². The van der Waals surface area contributed by atoms with Gasteiger partial charge in [0.2, 0.25) is 11.8 Å². The Morgan fingerprint density at radius 3 is 2.22 bits per heavy atom. The Bertz CT molecular complexity index is 1130. The summed E-state index contributed by atoms with van der Waals surface area (Å²) in [7, 11) is -2.02. The summed E-state index contributed by atoms with van der Waals surface area (Å²) in [4.78, 5) is 29.1. The van der Waals surface area contributed by atoms with Crippen LogP contribution in [0.3, 0.4) is 0 Å². The number of piperidine rings is 1. The molecule has 41 heavy (non-hydrogen) atoms. The molecular weight excluding hydrogens is 540 g/mol. The highest BCUT2D eigenvalue weighted by atomic mass is 32.2. The van der Waals surface area contributed by atoms with Crippen molar-refractivity contribution in [2.45, 2.75) is 108 Å². The third-order valence-corrected chi connectivity index (χ3v) is 11.2. The lowest BCUT2D eigenvalue weighted by atomic mass is 9.72. The maximum Gasteiger partial charge on any atom is 0.239 e. The number of benzene rings is 1.